The number of hydrogen-bond acceptors (Lipinski definition) is 5. The molecule has 39 heavy (non-hydrogen) atoms. The van der Waals surface area contributed by atoms with Crippen LogP contribution in [0.4, 0.5) is 0 Å². The first-order valence-corrected chi connectivity index (χ1v) is 13.9. The minimum Gasteiger partial charge on any atom is -0.321 e. The Morgan fingerprint density at radius 2 is 1.77 bits per heavy atom. The van der Waals surface area contributed by atoms with E-state index in [0.29, 0.717) is 29.5 Å². The van der Waals surface area contributed by atoms with E-state index in [1.165, 1.54) is 0 Å². The van der Waals surface area contributed by atoms with Crippen molar-refractivity contribution >= 4 is 22.5 Å². The number of nitrogens with one attached hydrogen (secondary N) is 1. The summed E-state index contributed by atoms with van der Waals surface area (Å²) >= 11 is 6.67. The summed E-state index contributed by atoms with van der Waals surface area (Å²) in [4.78, 5) is 19.3. The van der Waals surface area contributed by atoms with Gasteiger partial charge >= 0.3 is 0 Å². The van der Waals surface area contributed by atoms with Crippen molar-refractivity contribution in [3.8, 4) is 0 Å². The van der Waals surface area contributed by atoms with E-state index in [9.17, 15) is 4.79 Å². The van der Waals surface area contributed by atoms with Crippen LogP contribution in [0.3, 0.4) is 0 Å². The van der Waals surface area contributed by atoms with Crippen molar-refractivity contribution in [2.45, 2.75) is 57.8 Å². The Balaban J connectivity index is 1.55. The Kier molecular flexibility index (Phi) is 7.26. The second kappa shape index (κ2) is 11.1. The normalized spacial score (nSPS) is 14.8. The molecule has 0 radical (unpaired) electrons. The molecule has 198 valence electrons. The first-order chi connectivity index (χ1) is 19.1. The second-order valence-corrected chi connectivity index (χ2v) is 10.8. The number of aryl methyl sites for hydroxylation is 1. The summed E-state index contributed by atoms with van der Waals surface area (Å²) in [5.41, 5.74) is 4.46. The monoisotopic (exact) mass is 538 g/mol. The zero-order valence-corrected chi connectivity index (χ0v) is 22.7. The van der Waals surface area contributed by atoms with E-state index in [-0.39, 0.29) is 11.6 Å². The quantitative estimate of drug-likeness (QED) is 0.248. The molecule has 0 bridgehead atoms. The van der Waals surface area contributed by atoms with Gasteiger partial charge in [-0.15, -0.1) is 5.10 Å². The van der Waals surface area contributed by atoms with Crippen LogP contribution in [0.2, 0.25) is 5.02 Å². The van der Waals surface area contributed by atoms with Gasteiger partial charge in [0, 0.05) is 23.7 Å². The van der Waals surface area contributed by atoms with Crippen molar-refractivity contribution in [2.24, 2.45) is 0 Å². The molecule has 6 rings (SSSR count). The van der Waals surface area contributed by atoms with E-state index in [4.69, 9.17) is 11.6 Å². The third-order valence-corrected chi connectivity index (χ3v) is 8.14. The highest BCUT2D eigenvalue weighted by Crippen LogP contribution is 2.35. The van der Waals surface area contributed by atoms with Crippen LogP contribution in [0, 0.1) is 6.92 Å². The summed E-state index contributed by atoms with van der Waals surface area (Å²) in [5, 5.41) is 14.8. The number of hydrogen-bond donors (Lipinski definition) is 1. The van der Waals surface area contributed by atoms with E-state index in [1.54, 1.807) is 0 Å². The molecule has 0 unspecified atom stereocenters. The number of pyridine rings is 1. The maximum Gasteiger partial charge on any atom is 0.253 e. The van der Waals surface area contributed by atoms with Gasteiger partial charge < -0.3 is 4.98 Å². The molecule has 2 heterocycles. The number of tetrazole rings is 1. The number of benzene rings is 3. The number of aromatic nitrogens is 5. The maximum absolute atomic E-state index is 13.8. The van der Waals surface area contributed by atoms with Crippen LogP contribution in [-0.4, -0.2) is 30.1 Å². The third-order valence-electron chi connectivity index (χ3n) is 7.77. The van der Waals surface area contributed by atoms with E-state index < -0.39 is 6.04 Å². The lowest BCUT2D eigenvalue weighted by molar-refractivity contribution is 0.190. The Bertz CT molecular complexity index is 1640. The topological polar surface area (TPSA) is 79.7 Å². The number of halogens is 1. The molecule has 7 nitrogen and oxygen atoms in total. The molecule has 1 N–H and O–H groups in total. The standard InChI is InChI=1S/C31H31ClN6O/c1-21-10-9-14-23-18-26(31(39)33-28(21)23)29(30-34-35-36-38(30)25-15-6-7-16-25)37(19-22-11-3-2-4-12-22)20-24-13-5-8-17-27(24)32/h2-5,8-14,17-18,25,29H,6-7,15-16,19-20H2,1H3,(H,33,39)/t29-/m0/s1. The zero-order valence-electron chi connectivity index (χ0n) is 21.9. The van der Waals surface area contributed by atoms with Crippen LogP contribution in [0.5, 0.6) is 0 Å². The summed E-state index contributed by atoms with van der Waals surface area (Å²) in [6.45, 7) is 3.11. The van der Waals surface area contributed by atoms with Crippen LogP contribution in [0.15, 0.2) is 83.7 Å². The van der Waals surface area contributed by atoms with Crippen LogP contribution in [0.25, 0.3) is 10.9 Å². The van der Waals surface area contributed by atoms with Gasteiger partial charge in [-0.2, -0.15) is 0 Å². The highest BCUT2D eigenvalue weighted by molar-refractivity contribution is 6.31. The molecule has 1 atom stereocenters. The fraction of sp³-hybridized carbons (Fsp3) is 0.290. The summed E-state index contributed by atoms with van der Waals surface area (Å²) in [6.07, 6.45) is 4.36. The number of para-hydroxylation sites is 1. The molecular weight excluding hydrogens is 508 g/mol. The molecule has 1 aliphatic carbocycles. The van der Waals surface area contributed by atoms with Crippen molar-refractivity contribution in [1.82, 2.24) is 30.1 Å². The molecule has 1 fully saturated rings. The smallest absolute Gasteiger partial charge is 0.253 e. The van der Waals surface area contributed by atoms with E-state index in [2.05, 4.69) is 37.5 Å². The molecule has 0 saturated heterocycles. The van der Waals surface area contributed by atoms with Crippen molar-refractivity contribution in [2.75, 3.05) is 0 Å². The molecule has 5 aromatic rings. The van der Waals surface area contributed by atoms with Gasteiger partial charge in [-0.3, -0.25) is 9.69 Å². The third kappa shape index (κ3) is 5.24. The summed E-state index contributed by atoms with van der Waals surface area (Å²) < 4.78 is 1.96. The highest BCUT2D eigenvalue weighted by Gasteiger charge is 2.33. The Labute approximate surface area is 232 Å². The predicted octanol–water partition coefficient (Wildman–Crippen LogP) is 6.38. The van der Waals surface area contributed by atoms with Crippen molar-refractivity contribution in [3.05, 3.63) is 122 Å². The molecular formula is C31H31ClN6O. The van der Waals surface area contributed by atoms with Crippen LogP contribution < -0.4 is 5.56 Å². The molecule has 1 saturated carbocycles. The minimum atomic E-state index is -0.495. The van der Waals surface area contributed by atoms with Gasteiger partial charge in [-0.1, -0.05) is 91.2 Å². The summed E-state index contributed by atoms with van der Waals surface area (Å²) in [5.74, 6) is 0.683. The summed E-state index contributed by atoms with van der Waals surface area (Å²) in [7, 11) is 0. The molecule has 8 heteroatoms. The van der Waals surface area contributed by atoms with Crippen LogP contribution in [-0.2, 0) is 13.1 Å². The van der Waals surface area contributed by atoms with Gasteiger partial charge in [-0.05, 0) is 64.4 Å². The Hall–Kier alpha value is -3.81. The average Bonchev–Trinajstić information content (AvgIpc) is 3.64. The lowest BCUT2D eigenvalue weighted by atomic mass is 10.00. The van der Waals surface area contributed by atoms with Crippen molar-refractivity contribution < 1.29 is 0 Å². The van der Waals surface area contributed by atoms with Gasteiger partial charge in [0.15, 0.2) is 5.82 Å². The lowest BCUT2D eigenvalue weighted by Gasteiger charge is -2.32. The minimum absolute atomic E-state index is 0.139. The molecule has 0 aliphatic heterocycles. The Morgan fingerprint density at radius 1 is 1.00 bits per heavy atom. The zero-order chi connectivity index (χ0) is 26.8. The number of fused-ring (bicyclic) bond motifs is 1. The van der Waals surface area contributed by atoms with E-state index in [0.717, 1.165) is 53.3 Å². The fourth-order valence-corrected chi connectivity index (χ4v) is 5.99. The van der Waals surface area contributed by atoms with Gasteiger partial charge in [-0.25, -0.2) is 4.68 Å². The molecule has 2 aromatic heterocycles. The van der Waals surface area contributed by atoms with Gasteiger partial charge in [0.2, 0.25) is 0 Å². The fourth-order valence-electron chi connectivity index (χ4n) is 5.79. The Morgan fingerprint density at radius 3 is 2.56 bits per heavy atom. The SMILES string of the molecule is Cc1cccc2cc([C@@H](c3nnnn3C3CCCC3)N(Cc3ccccc3)Cc3ccccc3Cl)c(=O)[nH]c12. The molecule has 3 aromatic carbocycles. The van der Waals surface area contributed by atoms with Crippen LogP contribution in [0.1, 0.15) is 65.8 Å². The number of H-pyrrole nitrogens is 1. The number of aromatic amines is 1. The lowest BCUT2D eigenvalue weighted by Crippen LogP contribution is -2.35. The van der Waals surface area contributed by atoms with Gasteiger partial charge in [0.1, 0.15) is 6.04 Å². The van der Waals surface area contributed by atoms with Crippen molar-refractivity contribution in [3.63, 3.8) is 0 Å². The number of nitrogens with zero attached hydrogens (tertiary/aromatic N) is 5. The largest absolute Gasteiger partial charge is 0.321 e. The first-order valence-electron chi connectivity index (χ1n) is 13.5. The molecule has 0 spiro atoms. The van der Waals surface area contributed by atoms with Gasteiger partial charge in [0.25, 0.3) is 5.56 Å². The number of rotatable bonds is 8. The average molecular weight is 539 g/mol. The summed E-state index contributed by atoms with van der Waals surface area (Å²) in [6, 6.07) is 25.9. The highest BCUT2D eigenvalue weighted by atomic mass is 35.5. The maximum atomic E-state index is 13.8. The van der Waals surface area contributed by atoms with E-state index >= 15 is 0 Å². The molecule has 0 amide bonds. The second-order valence-electron chi connectivity index (χ2n) is 10.4. The van der Waals surface area contributed by atoms with Gasteiger partial charge in [0.05, 0.1) is 11.6 Å². The van der Waals surface area contributed by atoms with Crippen LogP contribution >= 0.6 is 11.6 Å². The molecule has 1 aliphatic rings. The van der Waals surface area contributed by atoms with E-state index in [1.807, 2.05) is 78.3 Å². The first kappa shape index (κ1) is 25.5. The van der Waals surface area contributed by atoms with Crippen molar-refractivity contribution in [1.29, 1.82) is 0 Å². The predicted molar refractivity (Wildman–Crippen MR) is 154 cm³/mol.